The molecule has 0 saturated carbocycles. The highest BCUT2D eigenvalue weighted by Crippen LogP contribution is 2.45. The molecule has 146 valence electrons. The van der Waals surface area contributed by atoms with Crippen LogP contribution in [0.15, 0.2) is 48.5 Å². The minimum Gasteiger partial charge on any atom is -0.496 e. The summed E-state index contributed by atoms with van der Waals surface area (Å²) < 4.78 is 18.8. The van der Waals surface area contributed by atoms with Crippen LogP contribution in [0.25, 0.3) is 0 Å². The number of nitrogens with zero attached hydrogens (tertiary/aromatic N) is 1. The third-order valence-corrected chi connectivity index (χ3v) is 4.89. The van der Waals surface area contributed by atoms with E-state index >= 15 is 0 Å². The van der Waals surface area contributed by atoms with Crippen LogP contribution in [0, 0.1) is 17.2 Å². The number of ether oxygens (including phenoxy) is 1. The van der Waals surface area contributed by atoms with E-state index < -0.39 is 34.9 Å². The Morgan fingerprint density at radius 3 is 2.21 bits per heavy atom. The number of hydrogen-bond donors (Lipinski definition) is 0. The van der Waals surface area contributed by atoms with E-state index in [-0.39, 0.29) is 5.78 Å². The minimum atomic E-state index is -1.17. The highest BCUT2D eigenvalue weighted by Gasteiger charge is 2.54. The van der Waals surface area contributed by atoms with E-state index in [0.717, 1.165) is 0 Å². The largest absolute Gasteiger partial charge is 0.496 e. The Hall–Kier alpha value is -3.02. The molecule has 0 aromatic heterocycles. The lowest BCUT2D eigenvalue weighted by Gasteiger charge is -2.30. The molecule has 1 aliphatic rings. The van der Waals surface area contributed by atoms with E-state index in [1.165, 1.54) is 36.3 Å². The maximum Gasteiger partial charge on any atom is 0.295 e. The second-order valence-electron chi connectivity index (χ2n) is 7.79. The van der Waals surface area contributed by atoms with Crippen molar-refractivity contribution in [2.24, 2.45) is 11.3 Å². The van der Waals surface area contributed by atoms with Gasteiger partial charge >= 0.3 is 0 Å². The van der Waals surface area contributed by atoms with E-state index in [9.17, 15) is 18.8 Å². The van der Waals surface area contributed by atoms with E-state index in [1.807, 2.05) is 0 Å². The van der Waals surface area contributed by atoms with E-state index in [0.29, 0.717) is 17.0 Å². The van der Waals surface area contributed by atoms with Crippen LogP contribution >= 0.6 is 0 Å². The van der Waals surface area contributed by atoms with Gasteiger partial charge in [-0.05, 0) is 30.3 Å². The monoisotopic (exact) mass is 383 g/mol. The molecule has 1 heterocycles. The lowest BCUT2D eigenvalue weighted by atomic mass is 9.77. The third kappa shape index (κ3) is 3.30. The number of Topliss-reactive ketones (excluding diaryl/α,β-unsaturated/α-hetero) is 2. The molecule has 0 bridgehead atoms. The number of rotatable bonds is 4. The summed E-state index contributed by atoms with van der Waals surface area (Å²) in [6.45, 7) is 5.15. The number of methoxy groups -OCH3 is 1. The second-order valence-corrected chi connectivity index (χ2v) is 7.79. The fourth-order valence-corrected chi connectivity index (χ4v) is 3.51. The molecule has 3 rings (SSSR count). The van der Waals surface area contributed by atoms with Gasteiger partial charge < -0.3 is 4.74 Å². The molecule has 0 N–H and O–H groups in total. The Kier molecular flexibility index (Phi) is 5.06. The normalized spacial score (nSPS) is 19.8. The molecular weight excluding hydrogens is 361 g/mol. The van der Waals surface area contributed by atoms with Gasteiger partial charge in [-0.15, -0.1) is 0 Å². The fraction of sp³-hybridized carbons (Fsp3) is 0.318. The summed E-state index contributed by atoms with van der Waals surface area (Å²) in [6.07, 6.45) is 0. The summed E-state index contributed by atoms with van der Waals surface area (Å²) in [5.74, 6) is -3.04. The van der Waals surface area contributed by atoms with Gasteiger partial charge in [0.1, 0.15) is 17.5 Å². The van der Waals surface area contributed by atoms with Gasteiger partial charge in [-0.3, -0.25) is 19.3 Å². The maximum absolute atomic E-state index is 13.4. The molecule has 1 fully saturated rings. The first kappa shape index (κ1) is 19.7. The van der Waals surface area contributed by atoms with E-state index in [1.54, 1.807) is 45.0 Å². The Morgan fingerprint density at radius 1 is 1.04 bits per heavy atom. The van der Waals surface area contributed by atoms with E-state index in [4.69, 9.17) is 4.74 Å². The summed E-state index contributed by atoms with van der Waals surface area (Å²) in [6, 6.07) is 11.4. The van der Waals surface area contributed by atoms with Gasteiger partial charge in [0.15, 0.2) is 5.78 Å². The van der Waals surface area contributed by atoms with Crippen molar-refractivity contribution >= 4 is 23.2 Å². The molecule has 28 heavy (non-hydrogen) atoms. The van der Waals surface area contributed by atoms with Crippen molar-refractivity contribution in [1.29, 1.82) is 0 Å². The molecule has 1 amide bonds. The number of carbonyl (C=O) groups excluding carboxylic acids is 3. The Bertz CT molecular complexity index is 930. The first-order valence-corrected chi connectivity index (χ1v) is 8.97. The van der Waals surface area contributed by atoms with Crippen LogP contribution in [0.4, 0.5) is 10.1 Å². The second kappa shape index (κ2) is 7.19. The lowest BCUT2D eigenvalue weighted by Crippen LogP contribution is -2.36. The molecule has 5 nitrogen and oxygen atoms in total. The van der Waals surface area contributed by atoms with Gasteiger partial charge in [0, 0.05) is 16.7 Å². The van der Waals surface area contributed by atoms with Crippen LogP contribution in [0.3, 0.4) is 0 Å². The zero-order valence-electron chi connectivity index (χ0n) is 16.2. The molecule has 0 spiro atoms. The Morgan fingerprint density at radius 2 is 1.64 bits per heavy atom. The molecular formula is C22H22FNO4. The molecule has 0 aliphatic carbocycles. The van der Waals surface area contributed by atoms with E-state index in [2.05, 4.69) is 0 Å². The minimum absolute atomic E-state index is 0.327. The highest BCUT2D eigenvalue weighted by atomic mass is 19.1. The predicted octanol–water partition coefficient (Wildman–Crippen LogP) is 3.72. The zero-order valence-corrected chi connectivity index (χ0v) is 16.2. The van der Waals surface area contributed by atoms with Crippen molar-refractivity contribution in [3.8, 4) is 5.75 Å². The lowest BCUT2D eigenvalue weighted by molar-refractivity contribution is -0.141. The summed E-state index contributed by atoms with van der Waals surface area (Å²) in [7, 11) is 1.49. The Balaban J connectivity index is 2.23. The van der Waals surface area contributed by atoms with Crippen molar-refractivity contribution in [1.82, 2.24) is 0 Å². The van der Waals surface area contributed by atoms with Crippen molar-refractivity contribution in [2.45, 2.75) is 26.8 Å². The van der Waals surface area contributed by atoms with Gasteiger partial charge in [0.25, 0.3) is 5.91 Å². The number of benzene rings is 2. The summed E-state index contributed by atoms with van der Waals surface area (Å²) in [5.41, 5.74) is 0.0793. The van der Waals surface area contributed by atoms with Gasteiger partial charge in [-0.2, -0.15) is 0 Å². The van der Waals surface area contributed by atoms with Gasteiger partial charge in [0.2, 0.25) is 5.78 Å². The van der Waals surface area contributed by atoms with Crippen molar-refractivity contribution in [3.05, 3.63) is 59.9 Å². The summed E-state index contributed by atoms with van der Waals surface area (Å²) in [4.78, 5) is 40.2. The molecule has 2 unspecified atom stereocenters. The average molecular weight is 383 g/mol. The van der Waals surface area contributed by atoms with Crippen LogP contribution in [0.2, 0.25) is 0 Å². The standard InChI is InChI=1S/C22H22FNO4/c1-22(2,3)20(26)17-18(15-7-5-6-8-16(15)28-4)24(21(27)19(17)25)14-11-9-13(23)10-12-14/h5-12,17-18H,1-4H3. The number of hydrogen-bond acceptors (Lipinski definition) is 4. The van der Waals surface area contributed by atoms with Gasteiger partial charge in [-0.25, -0.2) is 4.39 Å². The van der Waals surface area contributed by atoms with Gasteiger partial charge in [-0.1, -0.05) is 39.0 Å². The first-order chi connectivity index (χ1) is 13.2. The maximum atomic E-state index is 13.4. The fourth-order valence-electron chi connectivity index (χ4n) is 3.51. The average Bonchev–Trinajstić information content (AvgIpc) is 2.92. The van der Waals surface area contributed by atoms with Crippen LogP contribution in [0.5, 0.6) is 5.75 Å². The molecule has 2 aromatic carbocycles. The van der Waals surface area contributed by atoms with Crippen molar-refractivity contribution in [2.75, 3.05) is 12.0 Å². The number of anilines is 1. The number of para-hydroxylation sites is 1. The number of ketones is 2. The molecule has 6 heteroatoms. The predicted molar refractivity (Wildman–Crippen MR) is 103 cm³/mol. The van der Waals surface area contributed by atoms with Crippen LogP contribution in [-0.2, 0) is 14.4 Å². The summed E-state index contributed by atoms with van der Waals surface area (Å²) in [5, 5.41) is 0. The topological polar surface area (TPSA) is 63.7 Å². The number of halogens is 1. The number of carbonyl (C=O) groups is 3. The molecule has 2 aromatic rings. The van der Waals surface area contributed by atoms with Crippen LogP contribution < -0.4 is 9.64 Å². The zero-order chi connectivity index (χ0) is 20.6. The van der Waals surface area contributed by atoms with Crippen LogP contribution in [0.1, 0.15) is 32.4 Å². The highest BCUT2D eigenvalue weighted by molar-refractivity contribution is 6.48. The van der Waals surface area contributed by atoms with Crippen molar-refractivity contribution < 1.29 is 23.5 Å². The third-order valence-electron chi connectivity index (χ3n) is 4.89. The molecule has 2 atom stereocenters. The Labute approximate surface area is 163 Å². The number of amides is 1. The first-order valence-electron chi connectivity index (χ1n) is 8.97. The molecule has 1 aliphatic heterocycles. The molecule has 1 saturated heterocycles. The smallest absolute Gasteiger partial charge is 0.295 e. The summed E-state index contributed by atoms with van der Waals surface area (Å²) >= 11 is 0. The quantitative estimate of drug-likeness (QED) is 0.596. The van der Waals surface area contributed by atoms with Gasteiger partial charge in [0.05, 0.1) is 13.2 Å². The molecule has 0 radical (unpaired) electrons. The van der Waals surface area contributed by atoms with Crippen LogP contribution in [-0.4, -0.2) is 24.6 Å². The SMILES string of the molecule is COc1ccccc1C1C(C(=O)C(C)(C)C)C(=O)C(=O)N1c1ccc(F)cc1. The van der Waals surface area contributed by atoms with Crippen molar-refractivity contribution in [3.63, 3.8) is 0 Å².